The summed E-state index contributed by atoms with van der Waals surface area (Å²) < 4.78 is 19.4. The van der Waals surface area contributed by atoms with Gasteiger partial charge in [0.2, 0.25) is 0 Å². The van der Waals surface area contributed by atoms with E-state index >= 15 is 0 Å². The van der Waals surface area contributed by atoms with E-state index in [-0.39, 0.29) is 12.2 Å². The fourth-order valence-electron chi connectivity index (χ4n) is 2.44. The Balaban J connectivity index is 1.62. The summed E-state index contributed by atoms with van der Waals surface area (Å²) in [5.41, 5.74) is 9.88. The van der Waals surface area contributed by atoms with Crippen molar-refractivity contribution >= 4 is 29.4 Å². The number of para-hydroxylation sites is 1. The fraction of sp³-hybridized carbons (Fsp3) is 0.0476. The zero-order chi connectivity index (χ0) is 19.9. The van der Waals surface area contributed by atoms with Gasteiger partial charge in [-0.15, -0.1) is 0 Å². The zero-order valence-corrected chi connectivity index (χ0v) is 15.5. The van der Waals surface area contributed by atoms with Crippen molar-refractivity contribution in [3.63, 3.8) is 0 Å². The molecule has 1 amide bonds. The van der Waals surface area contributed by atoms with Gasteiger partial charge in [-0.2, -0.15) is 5.10 Å². The third-order valence-electron chi connectivity index (χ3n) is 3.89. The van der Waals surface area contributed by atoms with Crippen LogP contribution < -0.4 is 15.9 Å². The molecule has 3 aromatic rings. The second kappa shape index (κ2) is 9.01. The third kappa shape index (κ3) is 4.86. The van der Waals surface area contributed by atoms with Crippen molar-refractivity contribution in [1.82, 2.24) is 5.43 Å². The molecule has 7 heteroatoms. The quantitative estimate of drug-likeness (QED) is 0.367. The first-order chi connectivity index (χ1) is 13.5. The Morgan fingerprint density at radius 3 is 2.71 bits per heavy atom. The van der Waals surface area contributed by atoms with Crippen molar-refractivity contribution < 1.29 is 13.9 Å². The molecule has 142 valence electrons. The van der Waals surface area contributed by atoms with Gasteiger partial charge in [-0.3, -0.25) is 4.79 Å². The largest absolute Gasteiger partial charge is 0.489 e. The van der Waals surface area contributed by atoms with Crippen molar-refractivity contribution in [1.29, 1.82) is 0 Å². The van der Waals surface area contributed by atoms with Crippen molar-refractivity contribution in [2.75, 3.05) is 5.73 Å². The van der Waals surface area contributed by atoms with Gasteiger partial charge >= 0.3 is 0 Å². The number of nitrogens with two attached hydrogens (primary N) is 1. The van der Waals surface area contributed by atoms with Crippen LogP contribution in [0.15, 0.2) is 71.8 Å². The number of anilines is 1. The number of nitrogen functional groups attached to an aromatic ring is 1. The van der Waals surface area contributed by atoms with Gasteiger partial charge in [0.05, 0.1) is 16.8 Å². The first kappa shape index (κ1) is 19.4. The van der Waals surface area contributed by atoms with Gasteiger partial charge in [-0.25, -0.2) is 9.82 Å². The van der Waals surface area contributed by atoms with Crippen LogP contribution in [0.4, 0.5) is 10.1 Å². The van der Waals surface area contributed by atoms with E-state index in [4.69, 9.17) is 22.1 Å². The smallest absolute Gasteiger partial charge is 0.273 e. The number of benzene rings is 3. The van der Waals surface area contributed by atoms with Gasteiger partial charge in [0, 0.05) is 11.3 Å². The molecule has 3 aromatic carbocycles. The molecule has 0 aliphatic carbocycles. The van der Waals surface area contributed by atoms with Crippen LogP contribution in [-0.2, 0) is 6.61 Å². The molecule has 0 fully saturated rings. The minimum Gasteiger partial charge on any atom is -0.489 e. The van der Waals surface area contributed by atoms with E-state index < -0.39 is 11.7 Å². The van der Waals surface area contributed by atoms with Crippen LogP contribution in [0.2, 0.25) is 5.02 Å². The number of halogens is 2. The average molecular weight is 398 g/mol. The molecule has 3 rings (SSSR count). The van der Waals surface area contributed by atoms with E-state index in [0.29, 0.717) is 27.6 Å². The Morgan fingerprint density at radius 2 is 1.93 bits per heavy atom. The number of rotatable bonds is 6. The normalized spacial score (nSPS) is 10.8. The Labute approximate surface area is 166 Å². The predicted octanol–water partition coefficient (Wildman–Crippen LogP) is 4.40. The first-order valence-corrected chi connectivity index (χ1v) is 8.76. The minimum absolute atomic E-state index is 0.00385. The highest BCUT2D eigenvalue weighted by molar-refractivity contribution is 6.31. The molecule has 0 atom stereocenters. The van der Waals surface area contributed by atoms with Gasteiger partial charge in [0.25, 0.3) is 5.91 Å². The summed E-state index contributed by atoms with van der Waals surface area (Å²) in [6, 6.07) is 18.2. The standard InChI is InChI=1S/C21H17ClFN3O2/c22-18-8-4-9-19(23)17(18)13-28-15-6-3-5-14(11-15)12-25-26-21(27)16-7-1-2-10-20(16)24/h1-12H,13,24H2,(H,26,27)/b25-12+. The average Bonchev–Trinajstić information content (AvgIpc) is 2.68. The Morgan fingerprint density at radius 1 is 1.14 bits per heavy atom. The summed E-state index contributed by atoms with van der Waals surface area (Å²) in [7, 11) is 0. The fourth-order valence-corrected chi connectivity index (χ4v) is 2.66. The van der Waals surface area contributed by atoms with E-state index in [1.807, 2.05) is 0 Å². The van der Waals surface area contributed by atoms with Gasteiger partial charge in [-0.05, 0) is 42.0 Å². The molecule has 0 saturated heterocycles. The van der Waals surface area contributed by atoms with Crippen LogP contribution in [0.3, 0.4) is 0 Å². The number of hydrogen-bond donors (Lipinski definition) is 2. The molecular weight excluding hydrogens is 381 g/mol. The lowest BCUT2D eigenvalue weighted by atomic mass is 10.2. The van der Waals surface area contributed by atoms with Crippen LogP contribution in [0.25, 0.3) is 0 Å². The molecule has 0 spiro atoms. The van der Waals surface area contributed by atoms with E-state index in [0.717, 1.165) is 0 Å². The molecule has 0 unspecified atom stereocenters. The van der Waals surface area contributed by atoms with Crippen molar-refractivity contribution in [2.24, 2.45) is 5.10 Å². The van der Waals surface area contributed by atoms with Crippen LogP contribution in [0.1, 0.15) is 21.5 Å². The van der Waals surface area contributed by atoms with Crippen LogP contribution in [0.5, 0.6) is 5.75 Å². The molecule has 0 aromatic heterocycles. The molecule has 0 aliphatic rings. The molecule has 0 heterocycles. The highest BCUT2D eigenvalue weighted by Crippen LogP contribution is 2.21. The summed E-state index contributed by atoms with van der Waals surface area (Å²) in [4.78, 5) is 12.1. The van der Waals surface area contributed by atoms with Crippen LogP contribution in [0, 0.1) is 5.82 Å². The summed E-state index contributed by atoms with van der Waals surface area (Å²) in [5, 5.41) is 4.24. The summed E-state index contributed by atoms with van der Waals surface area (Å²) in [5.74, 6) is -0.314. The molecule has 3 N–H and O–H groups in total. The lowest BCUT2D eigenvalue weighted by Gasteiger charge is -2.09. The van der Waals surface area contributed by atoms with Gasteiger partial charge in [0.1, 0.15) is 18.2 Å². The second-order valence-electron chi connectivity index (χ2n) is 5.85. The first-order valence-electron chi connectivity index (χ1n) is 8.38. The molecule has 0 bridgehead atoms. The maximum absolute atomic E-state index is 13.8. The number of carbonyl (C=O) groups is 1. The maximum atomic E-state index is 13.8. The molecule has 0 radical (unpaired) electrons. The molecule has 28 heavy (non-hydrogen) atoms. The second-order valence-corrected chi connectivity index (χ2v) is 6.25. The van der Waals surface area contributed by atoms with Gasteiger partial charge in [-0.1, -0.05) is 41.9 Å². The summed E-state index contributed by atoms with van der Waals surface area (Å²) in [6.07, 6.45) is 1.47. The number of amides is 1. The molecule has 5 nitrogen and oxygen atoms in total. The third-order valence-corrected chi connectivity index (χ3v) is 4.24. The predicted molar refractivity (Wildman–Crippen MR) is 108 cm³/mol. The monoisotopic (exact) mass is 397 g/mol. The SMILES string of the molecule is Nc1ccccc1C(=O)N/N=C/c1cccc(OCc2c(F)cccc2Cl)c1. The number of nitrogens with zero attached hydrogens (tertiary/aromatic N) is 1. The Kier molecular flexibility index (Phi) is 6.24. The van der Waals surface area contributed by atoms with Gasteiger partial charge < -0.3 is 10.5 Å². The van der Waals surface area contributed by atoms with Crippen LogP contribution >= 0.6 is 11.6 Å². The molecule has 0 saturated carbocycles. The number of carbonyl (C=O) groups excluding carboxylic acids is 1. The van der Waals surface area contributed by atoms with E-state index in [1.54, 1.807) is 54.6 Å². The van der Waals surface area contributed by atoms with E-state index in [9.17, 15) is 9.18 Å². The van der Waals surface area contributed by atoms with E-state index in [1.165, 1.54) is 18.3 Å². The number of hydrazone groups is 1. The summed E-state index contributed by atoms with van der Waals surface area (Å²) in [6.45, 7) is -0.00385. The molecule has 0 aliphatic heterocycles. The van der Waals surface area contributed by atoms with Crippen molar-refractivity contribution in [2.45, 2.75) is 6.61 Å². The summed E-state index contributed by atoms with van der Waals surface area (Å²) >= 11 is 6.00. The lowest BCUT2D eigenvalue weighted by molar-refractivity contribution is 0.0956. The zero-order valence-electron chi connectivity index (χ0n) is 14.7. The lowest BCUT2D eigenvalue weighted by Crippen LogP contribution is -2.18. The van der Waals surface area contributed by atoms with Crippen molar-refractivity contribution in [3.8, 4) is 5.75 Å². The Hall–Kier alpha value is -3.38. The highest BCUT2D eigenvalue weighted by Gasteiger charge is 2.08. The minimum atomic E-state index is -0.423. The number of hydrogen-bond acceptors (Lipinski definition) is 4. The molecular formula is C21H17ClFN3O2. The maximum Gasteiger partial charge on any atom is 0.273 e. The topological polar surface area (TPSA) is 76.7 Å². The number of nitrogens with one attached hydrogen (secondary N) is 1. The highest BCUT2D eigenvalue weighted by atomic mass is 35.5. The van der Waals surface area contributed by atoms with Gasteiger partial charge in [0.15, 0.2) is 0 Å². The van der Waals surface area contributed by atoms with E-state index in [2.05, 4.69) is 10.5 Å². The number of ether oxygens (including phenoxy) is 1. The Bertz CT molecular complexity index is 1000. The van der Waals surface area contributed by atoms with Crippen LogP contribution in [-0.4, -0.2) is 12.1 Å². The van der Waals surface area contributed by atoms with Crippen molar-refractivity contribution in [3.05, 3.63) is 94.3 Å².